The summed E-state index contributed by atoms with van der Waals surface area (Å²) < 4.78 is 30.8. The maximum absolute atomic E-state index is 12.6. The lowest BCUT2D eigenvalue weighted by atomic mass is 10.00. The Balaban J connectivity index is 2.39. The van der Waals surface area contributed by atoms with E-state index < -0.39 is 6.61 Å². The fraction of sp³-hybridized carbons (Fsp3) is 0.333. The summed E-state index contributed by atoms with van der Waals surface area (Å²) in [5.74, 6) is 0.208. The highest BCUT2D eigenvalue weighted by molar-refractivity contribution is 9.10. The molecule has 2 nitrogen and oxygen atoms in total. The molecular weight excluding hydrogens is 360 g/mol. The Kier molecular flexibility index (Phi) is 6.14. The lowest BCUT2D eigenvalue weighted by Crippen LogP contribution is -2.24. The fourth-order valence-corrected chi connectivity index (χ4v) is 3.65. The van der Waals surface area contributed by atoms with Gasteiger partial charge in [0, 0.05) is 15.4 Å². The molecule has 0 spiro atoms. The maximum atomic E-state index is 12.6. The van der Waals surface area contributed by atoms with Gasteiger partial charge in [-0.15, -0.1) is 0 Å². The molecule has 6 heteroatoms. The fourth-order valence-electron chi connectivity index (χ4n) is 2.10. The van der Waals surface area contributed by atoms with Crippen LogP contribution in [0.25, 0.3) is 0 Å². The van der Waals surface area contributed by atoms with Crippen molar-refractivity contribution in [3.05, 3.63) is 50.6 Å². The van der Waals surface area contributed by atoms with Crippen molar-refractivity contribution in [3.63, 3.8) is 0 Å². The number of thiophene rings is 1. The second-order valence-corrected chi connectivity index (χ2v) is 6.08. The van der Waals surface area contributed by atoms with Crippen molar-refractivity contribution in [1.29, 1.82) is 0 Å². The van der Waals surface area contributed by atoms with E-state index in [9.17, 15) is 8.78 Å². The standard InChI is InChI=1S/C15H16BrF2NOS/c1-2-7-19-14(11-8-21-9-12(11)16)10-5-3-4-6-13(10)20-15(17)18/h3-6,8-9,14-15,19H,2,7H2,1H3. The number of alkyl halides is 2. The third-order valence-corrected chi connectivity index (χ3v) is 4.75. The monoisotopic (exact) mass is 375 g/mol. The van der Waals surface area contributed by atoms with E-state index in [1.807, 2.05) is 22.9 Å². The predicted molar refractivity (Wildman–Crippen MR) is 85.2 cm³/mol. The van der Waals surface area contributed by atoms with Crippen LogP contribution < -0.4 is 10.1 Å². The van der Waals surface area contributed by atoms with Crippen LogP contribution in [0.4, 0.5) is 8.78 Å². The topological polar surface area (TPSA) is 21.3 Å². The number of ether oxygens (including phenoxy) is 1. The summed E-state index contributed by atoms with van der Waals surface area (Å²) in [7, 11) is 0. The van der Waals surface area contributed by atoms with Crippen molar-refractivity contribution in [2.45, 2.75) is 26.0 Å². The van der Waals surface area contributed by atoms with Gasteiger partial charge in [-0.25, -0.2) is 0 Å². The molecule has 0 aliphatic carbocycles. The van der Waals surface area contributed by atoms with Gasteiger partial charge in [-0.05, 0) is 45.9 Å². The van der Waals surface area contributed by atoms with Gasteiger partial charge in [-0.2, -0.15) is 20.1 Å². The van der Waals surface area contributed by atoms with Crippen LogP contribution in [-0.2, 0) is 0 Å². The van der Waals surface area contributed by atoms with Crippen LogP contribution in [0.1, 0.15) is 30.5 Å². The molecule has 0 fully saturated rings. The molecule has 1 heterocycles. The summed E-state index contributed by atoms with van der Waals surface area (Å²) in [5, 5.41) is 7.38. The zero-order valence-electron chi connectivity index (χ0n) is 11.5. The normalized spacial score (nSPS) is 12.6. The van der Waals surface area contributed by atoms with Gasteiger partial charge in [0.1, 0.15) is 5.75 Å². The van der Waals surface area contributed by atoms with Crippen LogP contribution >= 0.6 is 27.3 Å². The number of hydrogen-bond donors (Lipinski definition) is 1. The Morgan fingerprint density at radius 3 is 2.62 bits per heavy atom. The van der Waals surface area contributed by atoms with Crippen LogP contribution in [0, 0.1) is 0 Å². The second-order valence-electron chi connectivity index (χ2n) is 4.48. The predicted octanol–water partition coefficient (Wildman–Crippen LogP) is 5.20. The van der Waals surface area contributed by atoms with Crippen molar-refractivity contribution in [2.75, 3.05) is 6.54 Å². The van der Waals surface area contributed by atoms with E-state index in [-0.39, 0.29) is 11.8 Å². The highest BCUT2D eigenvalue weighted by Gasteiger charge is 2.21. The Morgan fingerprint density at radius 2 is 2.00 bits per heavy atom. The molecule has 21 heavy (non-hydrogen) atoms. The van der Waals surface area contributed by atoms with E-state index in [2.05, 4.69) is 32.9 Å². The van der Waals surface area contributed by atoms with Gasteiger partial charge in [-0.3, -0.25) is 0 Å². The van der Waals surface area contributed by atoms with Gasteiger partial charge in [0.05, 0.1) is 6.04 Å². The van der Waals surface area contributed by atoms with Gasteiger partial charge in [0.2, 0.25) is 0 Å². The Hall–Kier alpha value is -0.980. The summed E-state index contributed by atoms with van der Waals surface area (Å²) >= 11 is 5.08. The average Bonchev–Trinajstić information content (AvgIpc) is 2.87. The lowest BCUT2D eigenvalue weighted by Gasteiger charge is -2.21. The van der Waals surface area contributed by atoms with Crippen molar-refractivity contribution in [3.8, 4) is 5.75 Å². The molecule has 0 saturated heterocycles. The lowest BCUT2D eigenvalue weighted by molar-refractivity contribution is -0.0506. The Bertz CT molecular complexity index is 576. The van der Waals surface area contributed by atoms with Crippen molar-refractivity contribution >= 4 is 27.3 Å². The largest absolute Gasteiger partial charge is 0.434 e. The summed E-state index contributed by atoms with van der Waals surface area (Å²) in [4.78, 5) is 0. The van der Waals surface area contributed by atoms with Crippen LogP contribution in [0.15, 0.2) is 39.5 Å². The van der Waals surface area contributed by atoms with Crippen LogP contribution in [-0.4, -0.2) is 13.2 Å². The van der Waals surface area contributed by atoms with Gasteiger partial charge >= 0.3 is 6.61 Å². The molecule has 0 amide bonds. The molecule has 0 bridgehead atoms. The Labute approximate surface area is 135 Å². The number of para-hydroxylation sites is 1. The number of benzene rings is 1. The van der Waals surface area contributed by atoms with E-state index >= 15 is 0 Å². The molecule has 2 aromatic rings. The first-order valence-corrected chi connectivity index (χ1v) is 8.35. The molecule has 1 aromatic carbocycles. The first-order chi connectivity index (χ1) is 10.1. The number of hydrogen-bond acceptors (Lipinski definition) is 3. The summed E-state index contributed by atoms with van der Waals surface area (Å²) in [6, 6.07) is 6.73. The molecule has 1 N–H and O–H groups in total. The highest BCUT2D eigenvalue weighted by atomic mass is 79.9. The van der Waals surface area contributed by atoms with E-state index in [1.54, 1.807) is 23.5 Å². The van der Waals surface area contributed by atoms with Crippen molar-refractivity contribution < 1.29 is 13.5 Å². The smallest absolute Gasteiger partial charge is 0.387 e. The summed E-state index contributed by atoms with van der Waals surface area (Å²) in [6.45, 7) is 0.0217. The first-order valence-electron chi connectivity index (χ1n) is 6.62. The minimum Gasteiger partial charge on any atom is -0.434 e. The number of nitrogens with one attached hydrogen (secondary N) is 1. The highest BCUT2D eigenvalue weighted by Crippen LogP contribution is 2.36. The molecular formula is C15H16BrF2NOS. The second kappa shape index (κ2) is 7.87. The molecule has 0 aliphatic rings. The molecule has 1 aromatic heterocycles. The third kappa shape index (κ3) is 4.25. The average molecular weight is 376 g/mol. The van der Waals surface area contributed by atoms with Gasteiger partial charge in [0.15, 0.2) is 0 Å². The van der Waals surface area contributed by atoms with E-state index in [0.29, 0.717) is 5.56 Å². The van der Waals surface area contributed by atoms with Crippen molar-refractivity contribution in [1.82, 2.24) is 5.32 Å². The van der Waals surface area contributed by atoms with Gasteiger partial charge < -0.3 is 10.1 Å². The molecule has 2 rings (SSSR count). The summed E-state index contributed by atoms with van der Waals surface area (Å²) in [5.41, 5.74) is 1.74. The quantitative estimate of drug-likeness (QED) is 0.717. The zero-order valence-corrected chi connectivity index (χ0v) is 13.9. The minimum absolute atomic E-state index is 0.180. The van der Waals surface area contributed by atoms with E-state index in [0.717, 1.165) is 23.0 Å². The number of halogens is 3. The van der Waals surface area contributed by atoms with Gasteiger partial charge in [0.25, 0.3) is 0 Å². The maximum Gasteiger partial charge on any atom is 0.387 e. The third-order valence-electron chi connectivity index (χ3n) is 3.00. The molecule has 0 saturated carbocycles. The minimum atomic E-state index is -2.83. The molecule has 0 radical (unpaired) electrons. The van der Waals surface area contributed by atoms with E-state index in [1.165, 1.54) is 0 Å². The Morgan fingerprint density at radius 1 is 1.24 bits per heavy atom. The molecule has 1 atom stereocenters. The summed E-state index contributed by atoms with van der Waals surface area (Å²) in [6.07, 6.45) is 0.954. The van der Waals surface area contributed by atoms with Crippen LogP contribution in [0.3, 0.4) is 0 Å². The molecule has 114 valence electrons. The van der Waals surface area contributed by atoms with Crippen LogP contribution in [0.5, 0.6) is 5.75 Å². The zero-order chi connectivity index (χ0) is 15.2. The SMILES string of the molecule is CCCNC(c1cscc1Br)c1ccccc1OC(F)F. The first kappa shape index (κ1) is 16.4. The van der Waals surface area contributed by atoms with Crippen LogP contribution in [0.2, 0.25) is 0 Å². The van der Waals surface area contributed by atoms with Gasteiger partial charge in [-0.1, -0.05) is 25.1 Å². The number of rotatable bonds is 7. The van der Waals surface area contributed by atoms with Crippen molar-refractivity contribution in [2.24, 2.45) is 0 Å². The molecule has 1 unspecified atom stereocenters. The van der Waals surface area contributed by atoms with E-state index in [4.69, 9.17) is 0 Å². The molecule has 0 aliphatic heterocycles.